The molecule has 61 heavy (non-hydrogen) atoms. The molecule has 7 nitrogen and oxygen atoms in total. The van der Waals surface area contributed by atoms with Gasteiger partial charge in [0, 0.05) is 6.92 Å². The van der Waals surface area contributed by atoms with Crippen LogP contribution in [0, 0.1) is 5.92 Å². The number of alkyl halides is 29. The Bertz CT molecular complexity index is 1590. The maximum Gasteiger partial charge on any atom is 0.460 e. The number of aliphatic hydroxyl groups is 2. The third kappa shape index (κ3) is 7.91. The van der Waals surface area contributed by atoms with Gasteiger partial charge < -0.3 is 24.5 Å². The fourth-order valence-corrected chi connectivity index (χ4v) is 4.83. The maximum absolute atomic E-state index is 15.2. The molecule has 0 aromatic heterocycles. The predicted molar refractivity (Wildman–Crippen MR) is 132 cm³/mol. The van der Waals surface area contributed by atoms with Gasteiger partial charge in [0.05, 0.1) is 33.2 Å². The Morgan fingerprint density at radius 3 is 0.902 bits per heavy atom. The van der Waals surface area contributed by atoms with Crippen molar-refractivity contribution in [3.8, 4) is 0 Å². The molecular formula is C25H21F29NO6+. The molecule has 0 rings (SSSR count). The minimum atomic E-state index is -10.1. The number of nitrogens with zero attached hydrogens (tertiary/aromatic N) is 1. The van der Waals surface area contributed by atoms with Gasteiger partial charge in [-0.25, -0.2) is 4.79 Å². The van der Waals surface area contributed by atoms with E-state index < -0.39 is 137 Å². The van der Waals surface area contributed by atoms with Crippen molar-refractivity contribution >= 4 is 11.9 Å². The van der Waals surface area contributed by atoms with Crippen LogP contribution in [0.1, 0.15) is 6.92 Å². The van der Waals surface area contributed by atoms with Gasteiger partial charge in [0.1, 0.15) is 0 Å². The van der Waals surface area contributed by atoms with Crippen molar-refractivity contribution in [3.63, 3.8) is 0 Å². The molecule has 3 atom stereocenters. The van der Waals surface area contributed by atoms with Crippen LogP contribution in [0.4, 0.5) is 127 Å². The van der Waals surface area contributed by atoms with E-state index in [-0.39, 0.29) is 6.92 Å². The number of carbonyl (C=O) groups is 2. The Morgan fingerprint density at radius 1 is 0.459 bits per heavy atom. The Hall–Kier alpha value is -3.21. The van der Waals surface area contributed by atoms with Crippen LogP contribution < -0.4 is 0 Å². The highest BCUT2D eigenvalue weighted by atomic mass is 19.4. The van der Waals surface area contributed by atoms with Crippen LogP contribution in [0.25, 0.3) is 0 Å². The highest BCUT2D eigenvalue weighted by Gasteiger charge is 3.01. The number of hydrogen-bond donors (Lipinski definition) is 3. The molecule has 0 saturated heterocycles. The molecule has 0 saturated carbocycles. The molecule has 0 aliphatic carbocycles. The van der Waals surface area contributed by atoms with Gasteiger partial charge >= 0.3 is 95.1 Å². The predicted octanol–water partition coefficient (Wildman–Crippen LogP) is 7.87. The van der Waals surface area contributed by atoms with E-state index in [1.807, 2.05) is 0 Å². The molecule has 0 bridgehead atoms. The lowest BCUT2D eigenvalue weighted by molar-refractivity contribution is -0.912. The summed E-state index contributed by atoms with van der Waals surface area (Å²) in [6.07, 6.45) is -12.1. The van der Waals surface area contributed by atoms with E-state index >= 15 is 8.78 Å². The van der Waals surface area contributed by atoms with Crippen LogP contribution in [0.5, 0.6) is 0 Å². The second kappa shape index (κ2) is 15.8. The average molecular weight is 982 g/mol. The van der Waals surface area contributed by atoms with Crippen molar-refractivity contribution in [2.24, 2.45) is 5.92 Å². The zero-order valence-electron chi connectivity index (χ0n) is 28.8. The van der Waals surface area contributed by atoms with Gasteiger partial charge in [-0.05, 0) is 0 Å². The van der Waals surface area contributed by atoms with E-state index in [1.165, 1.54) is 0 Å². The fraction of sp³-hybridized carbons (Fsp3) is 0.920. The first-order valence-corrected chi connectivity index (χ1v) is 14.5. The van der Waals surface area contributed by atoms with Crippen LogP contribution in [0.15, 0.2) is 0 Å². The molecule has 0 heterocycles. The number of likely N-dealkylation sites (N-methyl/N-ethyl adjacent to an activating group) is 1. The summed E-state index contributed by atoms with van der Waals surface area (Å²) in [5, 5.41) is 27.9. The van der Waals surface area contributed by atoms with Gasteiger partial charge in [-0.15, -0.1) is 0 Å². The van der Waals surface area contributed by atoms with E-state index in [2.05, 4.69) is 4.74 Å². The molecule has 0 aromatic rings. The lowest BCUT2D eigenvalue weighted by Crippen LogP contribution is -2.79. The Kier molecular flexibility index (Phi) is 15.0. The Morgan fingerprint density at radius 2 is 0.705 bits per heavy atom. The van der Waals surface area contributed by atoms with E-state index in [0.717, 1.165) is 0 Å². The van der Waals surface area contributed by atoms with Crippen LogP contribution in [-0.4, -0.2) is 161 Å². The van der Waals surface area contributed by atoms with Crippen LogP contribution >= 0.6 is 0 Å². The second-order valence-corrected chi connectivity index (χ2v) is 13.0. The van der Waals surface area contributed by atoms with Crippen LogP contribution in [0.2, 0.25) is 0 Å². The summed E-state index contributed by atoms with van der Waals surface area (Å²) in [7, 11) is 0.920. The van der Waals surface area contributed by atoms with Crippen LogP contribution in [0.3, 0.4) is 0 Å². The summed E-state index contributed by atoms with van der Waals surface area (Å²) in [6.45, 7) is -6.53. The minimum absolute atomic E-state index is 0.0641. The molecule has 0 spiro atoms. The van der Waals surface area contributed by atoms with E-state index in [9.17, 15) is 138 Å². The van der Waals surface area contributed by atoms with Crippen molar-refractivity contribution < 1.29 is 161 Å². The van der Waals surface area contributed by atoms with Crippen molar-refractivity contribution in [2.75, 3.05) is 33.9 Å². The molecule has 3 N–H and O–H groups in total. The number of ether oxygens (including phenoxy) is 1. The third-order valence-corrected chi connectivity index (χ3v) is 8.48. The van der Waals surface area contributed by atoms with Crippen LogP contribution in [-0.2, 0) is 14.3 Å². The summed E-state index contributed by atoms with van der Waals surface area (Å²) >= 11 is 0. The number of hydrogen-bond acceptors (Lipinski definition) is 5. The van der Waals surface area contributed by atoms with Crippen molar-refractivity contribution in [2.45, 2.75) is 102 Å². The zero-order valence-corrected chi connectivity index (χ0v) is 28.8. The average Bonchev–Trinajstić information content (AvgIpc) is 3.02. The molecular weight excluding hydrogens is 961 g/mol. The lowest BCUT2D eigenvalue weighted by atomic mass is 9.80. The van der Waals surface area contributed by atoms with Crippen molar-refractivity contribution in [3.05, 3.63) is 0 Å². The first-order valence-electron chi connectivity index (χ1n) is 14.5. The summed E-state index contributed by atoms with van der Waals surface area (Å²) in [6, 6.07) is -2.81. The maximum atomic E-state index is 15.2. The molecule has 0 amide bonds. The van der Waals surface area contributed by atoms with Crippen molar-refractivity contribution in [1.82, 2.24) is 0 Å². The summed E-state index contributed by atoms with van der Waals surface area (Å²) < 4.78 is 407. The number of quaternary nitrogens is 1. The minimum Gasteiger partial charge on any atom is -0.477 e. The first kappa shape index (κ1) is 57.8. The van der Waals surface area contributed by atoms with E-state index in [0.29, 0.717) is 14.1 Å². The zero-order chi connectivity index (χ0) is 50.2. The number of carbonyl (C=O) groups excluding carboxylic acids is 1. The summed E-state index contributed by atoms with van der Waals surface area (Å²) in [5.41, 5.74) is 0. The first-order chi connectivity index (χ1) is 26.1. The topological polar surface area (TPSA) is 104 Å². The molecule has 0 radical (unpaired) electrons. The fourth-order valence-electron chi connectivity index (χ4n) is 4.83. The number of carboxylic acids is 1. The monoisotopic (exact) mass is 982 g/mol. The second-order valence-electron chi connectivity index (χ2n) is 13.0. The number of carboxylic acid groups (broad SMARTS) is 1. The molecule has 0 aliphatic rings. The van der Waals surface area contributed by atoms with Crippen molar-refractivity contribution in [1.29, 1.82) is 0 Å². The molecule has 36 heteroatoms. The Labute approximate surface area is 316 Å². The molecule has 3 unspecified atom stereocenters. The van der Waals surface area contributed by atoms with E-state index in [1.54, 1.807) is 0 Å². The number of rotatable bonds is 21. The number of esters is 1. The third-order valence-electron chi connectivity index (χ3n) is 8.48. The van der Waals surface area contributed by atoms with Gasteiger partial charge in [0.15, 0.2) is 18.7 Å². The number of halogens is 29. The number of aliphatic hydroxyl groups excluding tert-OH is 2. The SMILES string of the molecule is CC(=O)OC(C(CO)C(F)(F)C(F)(F)C(F)(F)C(F)(F)C(F)(F)C(F)(F)C(F)(F)C(F)(F)C(F)(F)C(F)(F)C(F)(F)C(F)(F)C(F)(F)C(F)(F)F)C(CO)[N+](C)(C)CC(=O)O. The quantitative estimate of drug-likeness (QED) is 0.0615. The standard InChI is InChI=1S/C25H20F29NO6/c1-7(58)61-11(9(6-57)55(2,3)4-10(59)60)8(5-56)12(26,27)13(28,29)14(30,31)15(32,33)16(34,35)17(36,37)18(38,39)19(40,41)20(42,43)21(44,45)22(46,47)23(48,49)24(50,51)25(52,53)54/h8-9,11,56-57H,4-6H2,1-3H3/p+1. The van der Waals surface area contributed by atoms with Gasteiger partial charge in [-0.2, -0.15) is 127 Å². The normalized spacial score (nSPS) is 17.5. The summed E-state index contributed by atoms with van der Waals surface area (Å²) in [5.74, 6) is -132. The van der Waals surface area contributed by atoms with Gasteiger partial charge in [0.2, 0.25) is 0 Å². The molecule has 0 fully saturated rings. The lowest BCUT2D eigenvalue weighted by Gasteiger charge is -2.47. The van der Waals surface area contributed by atoms with Gasteiger partial charge in [0.25, 0.3) is 0 Å². The Balaban J connectivity index is 7.91. The number of aliphatic carboxylic acids is 1. The highest BCUT2D eigenvalue weighted by Crippen LogP contribution is 2.69. The molecule has 0 aromatic carbocycles. The van der Waals surface area contributed by atoms with Gasteiger partial charge in [-0.1, -0.05) is 0 Å². The molecule has 364 valence electrons. The van der Waals surface area contributed by atoms with E-state index in [4.69, 9.17) is 5.11 Å². The van der Waals surface area contributed by atoms with Gasteiger partial charge in [-0.3, -0.25) is 4.79 Å². The molecule has 0 aliphatic heterocycles. The largest absolute Gasteiger partial charge is 0.477 e. The summed E-state index contributed by atoms with van der Waals surface area (Å²) in [4.78, 5) is 22.7. The highest BCUT2D eigenvalue weighted by molar-refractivity contribution is 5.68. The smallest absolute Gasteiger partial charge is 0.460 e.